The molecule has 0 amide bonds. The molecule has 2 fully saturated rings. The van der Waals surface area contributed by atoms with Crippen LogP contribution < -0.4 is 0 Å². The normalized spacial score (nSPS) is 20.8. The van der Waals surface area contributed by atoms with Crippen molar-refractivity contribution in [1.82, 2.24) is 14.5 Å². The molecule has 21 heavy (non-hydrogen) atoms. The Morgan fingerprint density at radius 1 is 1.10 bits per heavy atom. The van der Waals surface area contributed by atoms with Gasteiger partial charge in [0.25, 0.3) is 0 Å². The van der Waals surface area contributed by atoms with E-state index in [1.54, 1.807) is 0 Å². The summed E-state index contributed by atoms with van der Waals surface area (Å²) in [5.41, 5.74) is 1.32. The largest absolute Gasteiger partial charge is 0.329 e. The molecule has 2 aliphatic rings. The van der Waals surface area contributed by atoms with Gasteiger partial charge in [0, 0.05) is 30.0 Å². The number of halogens is 1. The molecule has 0 N–H and O–H groups in total. The number of rotatable bonds is 3. The summed E-state index contributed by atoms with van der Waals surface area (Å²) in [6.45, 7) is 3.47. The zero-order valence-electron chi connectivity index (χ0n) is 12.1. The summed E-state index contributed by atoms with van der Waals surface area (Å²) < 4.78 is 15.3. The van der Waals surface area contributed by atoms with E-state index in [0.717, 1.165) is 17.9 Å². The maximum atomic E-state index is 13.1. The maximum absolute atomic E-state index is 13.1. The van der Waals surface area contributed by atoms with Gasteiger partial charge in [-0.05, 0) is 63.0 Å². The second kappa shape index (κ2) is 4.95. The average molecular weight is 285 g/mol. The van der Waals surface area contributed by atoms with Crippen molar-refractivity contribution in [3.63, 3.8) is 0 Å². The molecule has 0 spiro atoms. The van der Waals surface area contributed by atoms with Crippen LogP contribution in [0.2, 0.25) is 0 Å². The van der Waals surface area contributed by atoms with Crippen LogP contribution in [0.15, 0.2) is 36.7 Å². The van der Waals surface area contributed by atoms with Gasteiger partial charge in [-0.3, -0.25) is 4.90 Å². The first kappa shape index (κ1) is 13.0. The predicted molar refractivity (Wildman–Crippen MR) is 80.4 cm³/mol. The van der Waals surface area contributed by atoms with E-state index in [0.29, 0.717) is 5.54 Å². The van der Waals surface area contributed by atoms with E-state index >= 15 is 0 Å². The monoisotopic (exact) mass is 285 g/mol. The molecular weight excluding hydrogens is 265 g/mol. The van der Waals surface area contributed by atoms with E-state index in [1.807, 2.05) is 18.3 Å². The zero-order valence-corrected chi connectivity index (χ0v) is 12.1. The van der Waals surface area contributed by atoms with Crippen molar-refractivity contribution >= 4 is 0 Å². The van der Waals surface area contributed by atoms with Crippen LogP contribution in [0.4, 0.5) is 4.39 Å². The topological polar surface area (TPSA) is 21.1 Å². The third-order valence-electron chi connectivity index (χ3n) is 5.09. The number of aromatic nitrogens is 2. The SMILES string of the molecule is Fc1ccc(-c2nccn2CC23CCCN2CCC3)cc1. The third kappa shape index (κ3) is 2.18. The van der Waals surface area contributed by atoms with Gasteiger partial charge < -0.3 is 4.57 Å². The highest BCUT2D eigenvalue weighted by molar-refractivity contribution is 5.55. The van der Waals surface area contributed by atoms with Gasteiger partial charge in [0.1, 0.15) is 11.6 Å². The van der Waals surface area contributed by atoms with E-state index < -0.39 is 0 Å². The molecule has 4 heteroatoms. The average Bonchev–Trinajstić information content (AvgIpc) is 3.15. The molecular formula is C17H20FN3. The Morgan fingerprint density at radius 2 is 1.81 bits per heavy atom. The van der Waals surface area contributed by atoms with Crippen molar-refractivity contribution in [3.05, 3.63) is 42.5 Å². The Labute approximate surface area is 124 Å². The minimum atomic E-state index is -0.201. The van der Waals surface area contributed by atoms with Gasteiger partial charge in [-0.1, -0.05) is 0 Å². The van der Waals surface area contributed by atoms with Crippen LogP contribution in [0.25, 0.3) is 11.4 Å². The molecule has 0 saturated carbocycles. The number of fused-ring (bicyclic) bond motifs is 1. The number of nitrogens with zero attached hydrogens (tertiary/aromatic N) is 3. The predicted octanol–water partition coefficient (Wildman–Crippen LogP) is 3.32. The summed E-state index contributed by atoms with van der Waals surface area (Å²) in [6, 6.07) is 6.63. The Balaban J connectivity index is 1.65. The van der Waals surface area contributed by atoms with Crippen LogP contribution >= 0.6 is 0 Å². The highest BCUT2D eigenvalue weighted by Crippen LogP contribution is 2.40. The van der Waals surface area contributed by atoms with Gasteiger partial charge >= 0.3 is 0 Å². The van der Waals surface area contributed by atoms with Gasteiger partial charge in [0.2, 0.25) is 0 Å². The first-order chi connectivity index (χ1) is 10.3. The number of hydrogen-bond acceptors (Lipinski definition) is 2. The molecule has 4 rings (SSSR count). The van der Waals surface area contributed by atoms with Crippen molar-refractivity contribution in [1.29, 1.82) is 0 Å². The van der Waals surface area contributed by atoms with Crippen molar-refractivity contribution in [2.75, 3.05) is 13.1 Å². The second-order valence-electron chi connectivity index (χ2n) is 6.30. The quantitative estimate of drug-likeness (QED) is 0.862. The van der Waals surface area contributed by atoms with Crippen LogP contribution in [0.3, 0.4) is 0 Å². The lowest BCUT2D eigenvalue weighted by molar-refractivity contribution is 0.170. The maximum Gasteiger partial charge on any atom is 0.139 e. The van der Waals surface area contributed by atoms with Crippen molar-refractivity contribution in [3.8, 4) is 11.4 Å². The molecule has 3 heterocycles. The van der Waals surface area contributed by atoms with Crippen LogP contribution in [0, 0.1) is 5.82 Å². The van der Waals surface area contributed by atoms with Gasteiger partial charge in [0.05, 0.1) is 0 Å². The van der Waals surface area contributed by atoms with Crippen molar-refractivity contribution < 1.29 is 4.39 Å². The molecule has 0 bridgehead atoms. The van der Waals surface area contributed by atoms with Gasteiger partial charge in [0.15, 0.2) is 0 Å². The van der Waals surface area contributed by atoms with E-state index in [4.69, 9.17) is 0 Å². The van der Waals surface area contributed by atoms with Crippen LogP contribution in [0.1, 0.15) is 25.7 Å². The summed E-state index contributed by atoms with van der Waals surface area (Å²) in [6.07, 6.45) is 9.09. The number of imidazole rings is 1. The van der Waals surface area contributed by atoms with E-state index in [1.165, 1.54) is 50.9 Å². The molecule has 110 valence electrons. The number of benzene rings is 1. The molecule has 0 unspecified atom stereocenters. The molecule has 2 saturated heterocycles. The van der Waals surface area contributed by atoms with Crippen molar-refractivity contribution in [2.24, 2.45) is 0 Å². The summed E-state index contributed by atoms with van der Waals surface area (Å²) in [7, 11) is 0. The lowest BCUT2D eigenvalue weighted by Crippen LogP contribution is -2.42. The minimum absolute atomic E-state index is 0.201. The first-order valence-corrected chi connectivity index (χ1v) is 7.79. The summed E-state index contributed by atoms with van der Waals surface area (Å²) >= 11 is 0. The van der Waals surface area contributed by atoms with Gasteiger partial charge in [-0.15, -0.1) is 0 Å². The van der Waals surface area contributed by atoms with Gasteiger partial charge in [-0.2, -0.15) is 0 Å². The molecule has 0 atom stereocenters. The Hall–Kier alpha value is -1.68. The fourth-order valence-corrected chi connectivity index (χ4v) is 4.10. The lowest BCUT2D eigenvalue weighted by atomic mass is 9.94. The van der Waals surface area contributed by atoms with Gasteiger partial charge in [-0.25, -0.2) is 9.37 Å². The Bertz CT molecular complexity index is 622. The standard InChI is InChI=1S/C17H20FN3/c18-15-5-3-14(4-6-15)16-19-9-12-20(16)13-17-7-1-10-21(17)11-2-8-17/h3-6,9,12H,1-2,7-8,10-11,13H2. The molecule has 2 aliphatic heterocycles. The van der Waals surface area contributed by atoms with E-state index in [2.05, 4.69) is 20.6 Å². The lowest BCUT2D eigenvalue weighted by Gasteiger charge is -2.33. The summed E-state index contributed by atoms with van der Waals surface area (Å²) in [5.74, 6) is 0.747. The summed E-state index contributed by atoms with van der Waals surface area (Å²) in [5, 5.41) is 0. The smallest absolute Gasteiger partial charge is 0.139 e. The Morgan fingerprint density at radius 3 is 2.52 bits per heavy atom. The molecule has 1 aromatic carbocycles. The molecule has 2 aromatic rings. The van der Waals surface area contributed by atoms with Crippen molar-refractivity contribution in [2.45, 2.75) is 37.8 Å². The number of hydrogen-bond donors (Lipinski definition) is 0. The zero-order chi connectivity index (χ0) is 14.3. The van der Waals surface area contributed by atoms with Crippen LogP contribution in [-0.4, -0.2) is 33.1 Å². The second-order valence-corrected chi connectivity index (χ2v) is 6.30. The molecule has 0 radical (unpaired) electrons. The Kier molecular flexibility index (Phi) is 3.07. The third-order valence-corrected chi connectivity index (χ3v) is 5.09. The molecule has 0 aliphatic carbocycles. The van der Waals surface area contributed by atoms with E-state index in [-0.39, 0.29) is 5.82 Å². The highest BCUT2D eigenvalue weighted by atomic mass is 19.1. The summed E-state index contributed by atoms with van der Waals surface area (Å²) in [4.78, 5) is 7.15. The minimum Gasteiger partial charge on any atom is -0.329 e. The molecule has 3 nitrogen and oxygen atoms in total. The van der Waals surface area contributed by atoms with Crippen LogP contribution in [0.5, 0.6) is 0 Å². The first-order valence-electron chi connectivity index (χ1n) is 7.79. The fourth-order valence-electron chi connectivity index (χ4n) is 4.10. The van der Waals surface area contributed by atoms with Crippen LogP contribution in [-0.2, 0) is 6.54 Å². The molecule has 1 aromatic heterocycles. The highest BCUT2D eigenvalue weighted by Gasteiger charge is 2.44. The van der Waals surface area contributed by atoms with E-state index in [9.17, 15) is 4.39 Å². The fraction of sp³-hybridized carbons (Fsp3) is 0.471.